The van der Waals surface area contributed by atoms with Crippen LogP contribution in [0.25, 0.3) is 0 Å². The Kier molecular flexibility index (Phi) is 6.97. The molecule has 0 saturated carbocycles. The fourth-order valence-corrected chi connectivity index (χ4v) is 5.75. The van der Waals surface area contributed by atoms with Crippen molar-refractivity contribution in [2.75, 3.05) is 19.6 Å². The quantitative estimate of drug-likeness (QED) is 0.611. The number of likely N-dealkylation sites (tertiary alicyclic amines) is 1. The third kappa shape index (κ3) is 4.82. The highest BCUT2D eigenvalue weighted by atomic mass is 32.2. The van der Waals surface area contributed by atoms with Gasteiger partial charge in [0.2, 0.25) is 15.9 Å². The predicted molar refractivity (Wildman–Crippen MR) is 123 cm³/mol. The van der Waals surface area contributed by atoms with E-state index in [2.05, 4.69) is 5.32 Å². The second kappa shape index (κ2) is 9.93. The number of hydrogen-bond donors (Lipinski definition) is 2. The first-order chi connectivity index (χ1) is 16.3. The van der Waals surface area contributed by atoms with Crippen molar-refractivity contribution in [3.8, 4) is 6.07 Å². The molecular formula is C24H26N4O5S. The molecule has 2 N–H and O–H groups in total. The number of hydrogen-bond acceptors (Lipinski definition) is 6. The number of aliphatic hydroxyl groups excluding tert-OH is 1. The number of benzene rings is 2. The smallest absolute Gasteiger partial charge is 0.254 e. The maximum atomic E-state index is 13.2. The van der Waals surface area contributed by atoms with Crippen LogP contribution in [0.4, 0.5) is 0 Å². The van der Waals surface area contributed by atoms with Crippen LogP contribution in [0, 0.1) is 17.2 Å². The number of nitrogens with one attached hydrogen (secondary N) is 1. The molecule has 1 unspecified atom stereocenters. The Balaban J connectivity index is 1.43. The Morgan fingerprint density at radius 2 is 1.82 bits per heavy atom. The maximum absolute atomic E-state index is 13.2. The van der Waals surface area contributed by atoms with Gasteiger partial charge in [0.25, 0.3) is 5.91 Å². The highest BCUT2D eigenvalue weighted by Gasteiger charge is 2.38. The van der Waals surface area contributed by atoms with E-state index < -0.39 is 16.1 Å². The molecule has 2 heterocycles. The van der Waals surface area contributed by atoms with Gasteiger partial charge < -0.3 is 15.3 Å². The number of nitriles is 1. The van der Waals surface area contributed by atoms with Crippen molar-refractivity contribution in [2.24, 2.45) is 5.92 Å². The van der Waals surface area contributed by atoms with Crippen LogP contribution < -0.4 is 5.32 Å². The fourth-order valence-electron chi connectivity index (χ4n) is 4.17. The molecular weight excluding hydrogens is 456 g/mol. The average Bonchev–Trinajstić information content (AvgIpc) is 3.32. The monoisotopic (exact) mass is 482 g/mol. The predicted octanol–water partition coefficient (Wildman–Crippen LogP) is 1.24. The zero-order chi connectivity index (χ0) is 24.3. The molecule has 1 atom stereocenters. The van der Waals surface area contributed by atoms with Crippen molar-refractivity contribution in [1.82, 2.24) is 14.5 Å². The van der Waals surface area contributed by atoms with Crippen molar-refractivity contribution in [1.29, 1.82) is 5.26 Å². The Labute approximate surface area is 198 Å². The molecule has 2 aromatic carbocycles. The summed E-state index contributed by atoms with van der Waals surface area (Å²) in [5.41, 5.74) is 1.87. The molecule has 0 radical (unpaired) electrons. The van der Waals surface area contributed by atoms with Gasteiger partial charge in [0.05, 0.1) is 23.5 Å². The minimum Gasteiger partial charge on any atom is -0.392 e. The van der Waals surface area contributed by atoms with Gasteiger partial charge in [-0.15, -0.1) is 0 Å². The van der Waals surface area contributed by atoms with Crippen LogP contribution in [0.2, 0.25) is 0 Å². The number of nitrogens with zero attached hydrogens (tertiary/aromatic N) is 3. The molecule has 0 spiro atoms. The van der Waals surface area contributed by atoms with Crippen LogP contribution in [-0.4, -0.2) is 60.2 Å². The van der Waals surface area contributed by atoms with E-state index in [9.17, 15) is 18.0 Å². The third-order valence-electron chi connectivity index (χ3n) is 6.24. The SMILES string of the molecule is N#CC1CN(S(=O)(=O)c2cccc(C(=O)N3CCCC3C(=O)NCc3ccc(CO)cc3)c2)C1. The molecule has 2 aliphatic heterocycles. The molecule has 2 amide bonds. The van der Waals surface area contributed by atoms with Crippen molar-refractivity contribution < 1.29 is 23.1 Å². The molecule has 2 aliphatic rings. The van der Waals surface area contributed by atoms with Crippen LogP contribution >= 0.6 is 0 Å². The number of amides is 2. The molecule has 2 saturated heterocycles. The first-order valence-electron chi connectivity index (χ1n) is 11.1. The summed E-state index contributed by atoms with van der Waals surface area (Å²) in [4.78, 5) is 27.5. The average molecular weight is 483 g/mol. The highest BCUT2D eigenvalue weighted by molar-refractivity contribution is 7.89. The van der Waals surface area contributed by atoms with Crippen molar-refractivity contribution in [2.45, 2.75) is 36.9 Å². The minimum atomic E-state index is -3.78. The third-order valence-corrected chi connectivity index (χ3v) is 8.07. The molecule has 0 aromatic heterocycles. The van der Waals surface area contributed by atoms with Crippen molar-refractivity contribution in [3.63, 3.8) is 0 Å². The molecule has 0 aliphatic carbocycles. The first-order valence-corrected chi connectivity index (χ1v) is 12.5. The number of carbonyl (C=O) groups excluding carboxylic acids is 2. The maximum Gasteiger partial charge on any atom is 0.254 e. The van der Waals surface area contributed by atoms with Gasteiger partial charge in [0.15, 0.2) is 0 Å². The van der Waals surface area contributed by atoms with Crippen molar-refractivity contribution in [3.05, 3.63) is 65.2 Å². The van der Waals surface area contributed by atoms with Crippen LogP contribution in [0.3, 0.4) is 0 Å². The summed E-state index contributed by atoms with van der Waals surface area (Å²) in [6, 6.07) is 14.5. The van der Waals surface area contributed by atoms with Gasteiger partial charge in [0, 0.05) is 31.7 Å². The van der Waals surface area contributed by atoms with Crippen LogP contribution in [0.1, 0.15) is 34.3 Å². The van der Waals surface area contributed by atoms with Crippen LogP contribution in [0.5, 0.6) is 0 Å². The number of aliphatic hydroxyl groups is 1. The largest absolute Gasteiger partial charge is 0.392 e. The summed E-state index contributed by atoms with van der Waals surface area (Å²) >= 11 is 0. The standard InChI is InChI=1S/C24H26N4O5S/c25-12-19-14-27(15-19)34(32,33)21-4-1-3-20(11-21)24(31)28-10-2-5-22(28)23(30)26-13-17-6-8-18(16-29)9-7-17/h1,3-4,6-9,11,19,22,29H,2,5,10,13-16H2,(H,26,30). The Bertz CT molecular complexity index is 1220. The Morgan fingerprint density at radius 1 is 1.12 bits per heavy atom. The lowest BCUT2D eigenvalue weighted by molar-refractivity contribution is -0.125. The van der Waals surface area contributed by atoms with E-state index in [0.717, 1.165) is 11.1 Å². The normalized spacial score (nSPS) is 18.8. The van der Waals surface area contributed by atoms with Crippen LogP contribution in [0.15, 0.2) is 53.4 Å². The van der Waals surface area contributed by atoms with E-state index in [0.29, 0.717) is 25.9 Å². The molecule has 2 aromatic rings. The zero-order valence-electron chi connectivity index (χ0n) is 18.6. The molecule has 34 heavy (non-hydrogen) atoms. The number of rotatable bonds is 7. The topological polar surface area (TPSA) is 131 Å². The van der Waals surface area contributed by atoms with E-state index in [1.807, 2.05) is 18.2 Å². The van der Waals surface area contributed by atoms with Gasteiger partial charge in [-0.2, -0.15) is 9.57 Å². The van der Waals surface area contributed by atoms with Gasteiger partial charge in [-0.3, -0.25) is 9.59 Å². The van der Waals surface area contributed by atoms with Crippen molar-refractivity contribution >= 4 is 21.8 Å². The van der Waals surface area contributed by atoms with Gasteiger partial charge in [-0.25, -0.2) is 8.42 Å². The van der Waals surface area contributed by atoms with Gasteiger partial charge in [-0.1, -0.05) is 30.3 Å². The molecule has 4 rings (SSSR count). The van der Waals surface area contributed by atoms with E-state index in [-0.39, 0.29) is 47.9 Å². The van der Waals surface area contributed by atoms with E-state index in [1.165, 1.54) is 27.4 Å². The van der Waals surface area contributed by atoms with Gasteiger partial charge >= 0.3 is 0 Å². The number of carbonyl (C=O) groups is 2. The Morgan fingerprint density at radius 3 is 2.50 bits per heavy atom. The molecule has 9 nitrogen and oxygen atoms in total. The summed E-state index contributed by atoms with van der Waals surface area (Å²) in [5.74, 6) is -0.958. The van der Waals surface area contributed by atoms with Gasteiger partial charge in [-0.05, 0) is 42.2 Å². The molecule has 178 valence electrons. The number of sulfonamides is 1. The summed E-state index contributed by atoms with van der Waals surface area (Å²) in [6.45, 7) is 0.959. The lowest BCUT2D eigenvalue weighted by Crippen LogP contribution is -2.49. The van der Waals surface area contributed by atoms with Crippen LogP contribution in [-0.2, 0) is 28.0 Å². The van der Waals surface area contributed by atoms with E-state index >= 15 is 0 Å². The molecule has 0 bridgehead atoms. The second-order valence-electron chi connectivity index (χ2n) is 8.52. The lowest BCUT2D eigenvalue weighted by Gasteiger charge is -2.34. The van der Waals surface area contributed by atoms with E-state index in [1.54, 1.807) is 18.2 Å². The Hall–Kier alpha value is -3.26. The van der Waals surface area contributed by atoms with E-state index in [4.69, 9.17) is 10.4 Å². The zero-order valence-corrected chi connectivity index (χ0v) is 19.4. The first kappa shape index (κ1) is 23.9. The molecule has 10 heteroatoms. The lowest BCUT2D eigenvalue weighted by atomic mass is 10.1. The van der Waals surface area contributed by atoms with Gasteiger partial charge in [0.1, 0.15) is 6.04 Å². The highest BCUT2D eigenvalue weighted by Crippen LogP contribution is 2.26. The molecule has 2 fully saturated rings. The summed E-state index contributed by atoms with van der Waals surface area (Å²) in [5, 5.41) is 20.9. The second-order valence-corrected chi connectivity index (χ2v) is 10.5. The fraction of sp³-hybridized carbons (Fsp3) is 0.375. The minimum absolute atomic E-state index is 0.00117. The summed E-state index contributed by atoms with van der Waals surface area (Å²) < 4.78 is 26.9. The summed E-state index contributed by atoms with van der Waals surface area (Å²) in [7, 11) is -3.78. The summed E-state index contributed by atoms with van der Waals surface area (Å²) in [6.07, 6.45) is 1.21.